The van der Waals surface area contributed by atoms with Gasteiger partial charge in [-0.2, -0.15) is 0 Å². The average molecular weight is 288 g/mol. The van der Waals surface area contributed by atoms with Gasteiger partial charge in [-0.15, -0.1) is 0 Å². The van der Waals surface area contributed by atoms with Gasteiger partial charge in [-0.1, -0.05) is 0 Å². The van der Waals surface area contributed by atoms with Gasteiger partial charge in [0.1, 0.15) is 4.60 Å². The highest BCUT2D eigenvalue weighted by molar-refractivity contribution is 9.10. The van der Waals surface area contributed by atoms with Crippen molar-refractivity contribution in [1.82, 2.24) is 4.98 Å². The molecule has 0 fully saturated rings. The second-order valence-electron chi connectivity index (χ2n) is 2.99. The number of halogens is 1. The number of amides is 2. The molecule has 2 amide bonds. The van der Waals surface area contributed by atoms with Crippen molar-refractivity contribution in [3.05, 3.63) is 22.9 Å². The summed E-state index contributed by atoms with van der Waals surface area (Å²) >= 11 is 3.14. The molecule has 0 bridgehead atoms. The van der Waals surface area contributed by atoms with Crippen LogP contribution in [-0.4, -0.2) is 28.6 Å². The van der Waals surface area contributed by atoms with Crippen molar-refractivity contribution in [2.75, 3.05) is 11.4 Å². The van der Waals surface area contributed by atoms with Crippen LogP contribution in [0.15, 0.2) is 22.9 Å². The zero-order valence-corrected chi connectivity index (χ0v) is 9.85. The first-order valence-electron chi connectivity index (χ1n) is 4.41. The summed E-state index contributed by atoms with van der Waals surface area (Å²) in [6.07, 6.45) is 0.229. The molecule has 86 valence electrons. The second kappa shape index (κ2) is 5.45. The summed E-state index contributed by atoms with van der Waals surface area (Å²) in [4.78, 5) is 26.4. The zero-order valence-electron chi connectivity index (χ0n) is 8.26. The summed E-state index contributed by atoms with van der Waals surface area (Å²) in [7, 11) is 0. The molecule has 0 atom stereocenters. The third-order valence-corrected chi connectivity index (χ3v) is 2.31. The van der Waals surface area contributed by atoms with Crippen LogP contribution < -0.4 is 10.6 Å². The van der Waals surface area contributed by atoms with Crippen LogP contribution in [0.5, 0.6) is 0 Å². The number of pyridine rings is 1. The molecule has 16 heavy (non-hydrogen) atoms. The van der Waals surface area contributed by atoms with Gasteiger partial charge < -0.3 is 10.8 Å². The summed E-state index contributed by atoms with van der Waals surface area (Å²) < 4.78 is 0.608. The molecule has 7 heteroatoms. The Balaban J connectivity index is 2.81. The van der Waals surface area contributed by atoms with Crippen LogP contribution in [0, 0.1) is 0 Å². The highest BCUT2D eigenvalue weighted by Crippen LogP contribution is 2.16. The van der Waals surface area contributed by atoms with Gasteiger partial charge in [0, 0.05) is 13.0 Å². The normalized spacial score (nSPS) is 9.81. The Labute approximate surface area is 100 Å². The third kappa shape index (κ3) is 3.50. The molecule has 3 N–H and O–H groups in total. The molecule has 0 aliphatic rings. The smallest absolute Gasteiger partial charge is 0.411 e. The van der Waals surface area contributed by atoms with Crippen LogP contribution in [0.4, 0.5) is 10.5 Å². The van der Waals surface area contributed by atoms with Crippen LogP contribution in [-0.2, 0) is 4.79 Å². The molecule has 0 unspecified atom stereocenters. The first kappa shape index (κ1) is 12.4. The Kier molecular flexibility index (Phi) is 4.24. The predicted molar refractivity (Wildman–Crippen MR) is 61.1 cm³/mol. The van der Waals surface area contributed by atoms with E-state index in [-0.39, 0.29) is 13.0 Å². The van der Waals surface area contributed by atoms with E-state index in [0.29, 0.717) is 10.3 Å². The van der Waals surface area contributed by atoms with Crippen molar-refractivity contribution in [3.63, 3.8) is 0 Å². The SMILES string of the molecule is NC(=O)CCN(C(=O)O)c1ccc(Br)nc1. The second-order valence-corrected chi connectivity index (χ2v) is 3.80. The fourth-order valence-electron chi connectivity index (χ4n) is 1.08. The molecule has 0 aliphatic carbocycles. The Morgan fingerprint density at radius 2 is 2.19 bits per heavy atom. The minimum Gasteiger partial charge on any atom is -0.465 e. The van der Waals surface area contributed by atoms with Crippen molar-refractivity contribution in [2.45, 2.75) is 6.42 Å². The van der Waals surface area contributed by atoms with Gasteiger partial charge in [-0.25, -0.2) is 9.78 Å². The molecule has 0 radical (unpaired) electrons. The Bertz CT molecular complexity index is 393. The Morgan fingerprint density at radius 3 is 2.62 bits per heavy atom. The molecule has 0 aromatic carbocycles. The van der Waals surface area contributed by atoms with E-state index < -0.39 is 12.0 Å². The molecular weight excluding hydrogens is 278 g/mol. The topological polar surface area (TPSA) is 96.5 Å². The molecule has 6 nitrogen and oxygen atoms in total. The lowest BCUT2D eigenvalue weighted by Gasteiger charge is -2.17. The van der Waals surface area contributed by atoms with Crippen LogP contribution in [0.2, 0.25) is 0 Å². The number of hydrogen-bond donors (Lipinski definition) is 2. The van der Waals surface area contributed by atoms with Crippen molar-refractivity contribution >= 4 is 33.6 Å². The Hall–Kier alpha value is -1.63. The molecule has 1 aromatic rings. The number of carbonyl (C=O) groups excluding carboxylic acids is 1. The van der Waals surface area contributed by atoms with Gasteiger partial charge in [0.15, 0.2) is 0 Å². The lowest BCUT2D eigenvalue weighted by atomic mass is 10.3. The van der Waals surface area contributed by atoms with E-state index in [4.69, 9.17) is 10.8 Å². The number of nitrogens with two attached hydrogens (primary N) is 1. The van der Waals surface area contributed by atoms with Crippen molar-refractivity contribution in [3.8, 4) is 0 Å². The van der Waals surface area contributed by atoms with Crippen LogP contribution in [0.3, 0.4) is 0 Å². The van der Waals surface area contributed by atoms with E-state index in [0.717, 1.165) is 4.90 Å². The predicted octanol–water partition coefficient (Wildman–Crippen LogP) is 1.20. The number of rotatable bonds is 4. The first-order valence-corrected chi connectivity index (χ1v) is 5.20. The van der Waals surface area contributed by atoms with Gasteiger partial charge in [0.25, 0.3) is 0 Å². The number of aromatic nitrogens is 1. The zero-order chi connectivity index (χ0) is 12.1. The maximum Gasteiger partial charge on any atom is 0.411 e. The molecule has 0 spiro atoms. The van der Waals surface area contributed by atoms with Gasteiger partial charge in [-0.05, 0) is 28.1 Å². The maximum atomic E-state index is 10.9. The minimum absolute atomic E-state index is 0.0218. The molecule has 1 heterocycles. The molecule has 0 aliphatic heterocycles. The van der Waals surface area contributed by atoms with E-state index in [1.807, 2.05) is 0 Å². The van der Waals surface area contributed by atoms with E-state index >= 15 is 0 Å². The molecule has 0 saturated heterocycles. The molecular formula is C9H10BrN3O3. The van der Waals surface area contributed by atoms with Gasteiger partial charge in [0.2, 0.25) is 5.91 Å². The lowest BCUT2D eigenvalue weighted by molar-refractivity contribution is -0.117. The number of nitrogens with zero attached hydrogens (tertiary/aromatic N) is 2. The quantitative estimate of drug-likeness (QED) is 0.814. The summed E-state index contributed by atoms with van der Waals surface area (Å²) in [6, 6.07) is 3.21. The van der Waals surface area contributed by atoms with Gasteiger partial charge >= 0.3 is 6.09 Å². The van der Waals surface area contributed by atoms with Crippen LogP contribution >= 0.6 is 15.9 Å². The summed E-state index contributed by atoms with van der Waals surface area (Å²) in [5, 5.41) is 8.94. The van der Waals surface area contributed by atoms with E-state index in [2.05, 4.69) is 20.9 Å². The number of carboxylic acid groups (broad SMARTS) is 1. The van der Waals surface area contributed by atoms with Crippen LogP contribution in [0.1, 0.15) is 6.42 Å². The number of primary amides is 1. The Morgan fingerprint density at radius 1 is 1.50 bits per heavy atom. The van der Waals surface area contributed by atoms with Crippen molar-refractivity contribution in [2.24, 2.45) is 5.73 Å². The third-order valence-electron chi connectivity index (χ3n) is 1.84. The maximum absolute atomic E-state index is 10.9. The first-order chi connectivity index (χ1) is 7.50. The van der Waals surface area contributed by atoms with E-state index in [1.165, 1.54) is 6.20 Å². The number of anilines is 1. The van der Waals surface area contributed by atoms with E-state index in [1.54, 1.807) is 12.1 Å². The molecule has 1 aromatic heterocycles. The van der Waals surface area contributed by atoms with Crippen LogP contribution in [0.25, 0.3) is 0 Å². The lowest BCUT2D eigenvalue weighted by Crippen LogP contribution is -2.32. The average Bonchev–Trinajstić information content (AvgIpc) is 2.20. The highest BCUT2D eigenvalue weighted by atomic mass is 79.9. The standard InChI is InChI=1S/C9H10BrN3O3/c10-7-2-1-6(5-12-7)13(9(15)16)4-3-8(11)14/h1-2,5H,3-4H2,(H2,11,14)(H,15,16). The largest absolute Gasteiger partial charge is 0.465 e. The van der Waals surface area contributed by atoms with Crippen molar-refractivity contribution < 1.29 is 14.7 Å². The van der Waals surface area contributed by atoms with E-state index in [9.17, 15) is 9.59 Å². The summed E-state index contributed by atoms with van der Waals surface area (Å²) in [5.74, 6) is -0.545. The number of hydrogen-bond acceptors (Lipinski definition) is 3. The molecule has 0 saturated carbocycles. The fourth-order valence-corrected chi connectivity index (χ4v) is 1.32. The molecule has 1 rings (SSSR count). The van der Waals surface area contributed by atoms with Gasteiger partial charge in [-0.3, -0.25) is 9.69 Å². The monoisotopic (exact) mass is 287 g/mol. The minimum atomic E-state index is -1.15. The summed E-state index contributed by atoms with van der Waals surface area (Å²) in [5.41, 5.74) is 5.36. The van der Waals surface area contributed by atoms with Gasteiger partial charge in [0.05, 0.1) is 11.9 Å². The number of carbonyl (C=O) groups is 2. The fraction of sp³-hybridized carbons (Fsp3) is 0.222. The van der Waals surface area contributed by atoms with Crippen molar-refractivity contribution in [1.29, 1.82) is 0 Å². The highest BCUT2D eigenvalue weighted by Gasteiger charge is 2.15. The summed E-state index contributed by atoms with van der Waals surface area (Å²) in [6.45, 7) is 0.0218.